The third kappa shape index (κ3) is 7.28. The van der Waals surface area contributed by atoms with Crippen molar-refractivity contribution in [3.05, 3.63) is 89.0 Å². The van der Waals surface area contributed by atoms with Gasteiger partial charge in [-0.3, -0.25) is 4.79 Å². The molecule has 0 aliphatic rings. The molecule has 0 N–H and O–H groups in total. The van der Waals surface area contributed by atoms with E-state index in [1.54, 1.807) is 19.2 Å². The Hall–Kier alpha value is -3.42. The Morgan fingerprint density at radius 1 is 0.914 bits per heavy atom. The predicted octanol–water partition coefficient (Wildman–Crippen LogP) is 6.68. The highest BCUT2D eigenvalue weighted by molar-refractivity contribution is 5.67. The van der Waals surface area contributed by atoms with E-state index >= 15 is 0 Å². The van der Waals surface area contributed by atoms with Gasteiger partial charge in [0.25, 0.3) is 0 Å². The smallest absolute Gasteiger partial charge is 0.422 e. The normalized spacial score (nSPS) is 11.9. The molecule has 0 bridgehead atoms. The fourth-order valence-corrected chi connectivity index (χ4v) is 4.08. The summed E-state index contributed by atoms with van der Waals surface area (Å²) >= 11 is 0. The highest BCUT2D eigenvalue weighted by Gasteiger charge is 2.29. The summed E-state index contributed by atoms with van der Waals surface area (Å²) < 4.78 is 70.1. The lowest BCUT2D eigenvalue weighted by Crippen LogP contribution is -2.25. The fraction of sp³-hybridized carbons (Fsp3) is 0.296. The first-order valence-corrected chi connectivity index (χ1v) is 10.9. The standard InChI is InChI=1S/C27H26F5NO2/c1-26(2,14-18-9-22(28)13-23(29)10-18)25-12-20(7-8-21(25)15-33(3)17-34)19-5-4-6-24(11-19)35-16-27(30,31)32/h4-13,17H,14-16H2,1-3H3. The van der Waals surface area contributed by atoms with Crippen LogP contribution in [0.4, 0.5) is 22.0 Å². The molecular weight excluding hydrogens is 465 g/mol. The van der Waals surface area contributed by atoms with Crippen LogP contribution in [-0.4, -0.2) is 31.1 Å². The van der Waals surface area contributed by atoms with Crippen LogP contribution < -0.4 is 4.74 Å². The Kier molecular flexibility index (Phi) is 7.83. The number of amides is 1. The third-order valence-electron chi connectivity index (χ3n) is 5.58. The molecule has 0 spiro atoms. The van der Waals surface area contributed by atoms with Crippen molar-refractivity contribution >= 4 is 6.41 Å². The van der Waals surface area contributed by atoms with Gasteiger partial charge in [0, 0.05) is 19.7 Å². The van der Waals surface area contributed by atoms with Gasteiger partial charge in [0.2, 0.25) is 6.41 Å². The zero-order valence-electron chi connectivity index (χ0n) is 19.6. The maximum Gasteiger partial charge on any atom is 0.422 e. The molecule has 186 valence electrons. The monoisotopic (exact) mass is 491 g/mol. The van der Waals surface area contributed by atoms with Crippen LogP contribution >= 0.6 is 0 Å². The van der Waals surface area contributed by atoms with Gasteiger partial charge in [0.05, 0.1) is 0 Å². The molecule has 8 heteroatoms. The maximum atomic E-state index is 13.8. The summed E-state index contributed by atoms with van der Waals surface area (Å²) in [4.78, 5) is 12.7. The molecule has 0 aliphatic carbocycles. The van der Waals surface area contributed by atoms with E-state index in [-0.39, 0.29) is 5.75 Å². The van der Waals surface area contributed by atoms with Crippen molar-refractivity contribution in [1.29, 1.82) is 0 Å². The second kappa shape index (κ2) is 10.5. The number of halogens is 5. The summed E-state index contributed by atoms with van der Waals surface area (Å²) in [5.41, 5.74) is 2.95. The minimum absolute atomic E-state index is 0.0839. The highest BCUT2D eigenvalue weighted by Crippen LogP contribution is 2.35. The van der Waals surface area contributed by atoms with Gasteiger partial charge in [-0.15, -0.1) is 0 Å². The predicted molar refractivity (Wildman–Crippen MR) is 124 cm³/mol. The van der Waals surface area contributed by atoms with Crippen LogP contribution in [-0.2, 0) is 23.2 Å². The molecule has 0 radical (unpaired) electrons. The zero-order chi connectivity index (χ0) is 25.8. The van der Waals surface area contributed by atoms with Crippen LogP contribution in [0.25, 0.3) is 11.1 Å². The number of carbonyl (C=O) groups excluding carboxylic acids is 1. The summed E-state index contributed by atoms with van der Waals surface area (Å²) in [6.45, 7) is 2.79. The number of rotatable bonds is 9. The number of hydrogen-bond donors (Lipinski definition) is 0. The van der Waals surface area contributed by atoms with Gasteiger partial charge in [0.1, 0.15) is 17.4 Å². The Balaban J connectivity index is 2.01. The summed E-state index contributed by atoms with van der Waals surface area (Å²) in [5.74, 6) is -1.25. The maximum absolute atomic E-state index is 13.8. The minimum Gasteiger partial charge on any atom is -0.484 e. The Morgan fingerprint density at radius 2 is 1.57 bits per heavy atom. The zero-order valence-corrected chi connectivity index (χ0v) is 19.6. The first-order chi connectivity index (χ1) is 16.4. The first kappa shape index (κ1) is 26.2. The van der Waals surface area contributed by atoms with Crippen molar-refractivity contribution in [2.24, 2.45) is 0 Å². The lowest BCUT2D eigenvalue weighted by molar-refractivity contribution is -0.153. The molecule has 35 heavy (non-hydrogen) atoms. The van der Waals surface area contributed by atoms with E-state index in [9.17, 15) is 26.7 Å². The van der Waals surface area contributed by atoms with Gasteiger partial charge in [-0.1, -0.05) is 44.2 Å². The molecular formula is C27H26F5NO2. The molecule has 0 fully saturated rings. The second-order valence-corrected chi connectivity index (χ2v) is 9.16. The van der Waals surface area contributed by atoms with E-state index in [0.29, 0.717) is 30.5 Å². The lowest BCUT2D eigenvalue weighted by atomic mass is 9.76. The van der Waals surface area contributed by atoms with Gasteiger partial charge in [-0.25, -0.2) is 8.78 Å². The van der Waals surface area contributed by atoms with Gasteiger partial charge in [0.15, 0.2) is 6.61 Å². The van der Waals surface area contributed by atoms with Crippen molar-refractivity contribution in [2.45, 2.75) is 38.4 Å². The van der Waals surface area contributed by atoms with Crippen LogP contribution in [0.3, 0.4) is 0 Å². The van der Waals surface area contributed by atoms with Crippen molar-refractivity contribution < 1.29 is 31.5 Å². The van der Waals surface area contributed by atoms with Crippen LogP contribution in [0, 0.1) is 11.6 Å². The SMILES string of the molecule is CN(C=O)Cc1ccc(-c2cccc(OCC(F)(F)F)c2)cc1C(C)(C)Cc1cc(F)cc(F)c1. The molecule has 0 atom stereocenters. The van der Waals surface area contributed by atoms with E-state index in [2.05, 4.69) is 0 Å². The Bertz CT molecular complexity index is 1170. The molecule has 3 aromatic carbocycles. The quantitative estimate of drug-likeness (QED) is 0.247. The number of nitrogens with zero attached hydrogens (tertiary/aromatic N) is 1. The lowest BCUT2D eigenvalue weighted by Gasteiger charge is -2.30. The molecule has 3 aromatic rings. The van der Waals surface area contributed by atoms with Crippen molar-refractivity contribution in [1.82, 2.24) is 4.90 Å². The van der Waals surface area contributed by atoms with Gasteiger partial charge < -0.3 is 9.64 Å². The average molecular weight is 492 g/mol. The molecule has 0 saturated heterocycles. The second-order valence-electron chi connectivity index (χ2n) is 9.16. The van der Waals surface area contributed by atoms with Crippen LogP contribution in [0.5, 0.6) is 5.75 Å². The summed E-state index contributed by atoms with van der Waals surface area (Å²) in [5, 5.41) is 0. The minimum atomic E-state index is -4.45. The fourth-order valence-electron chi connectivity index (χ4n) is 4.08. The van der Waals surface area contributed by atoms with E-state index < -0.39 is 29.8 Å². The number of benzene rings is 3. The molecule has 0 aliphatic heterocycles. The van der Waals surface area contributed by atoms with Crippen LogP contribution in [0.2, 0.25) is 0 Å². The topological polar surface area (TPSA) is 29.5 Å². The van der Waals surface area contributed by atoms with E-state index in [1.165, 1.54) is 29.2 Å². The summed E-state index contributed by atoms with van der Waals surface area (Å²) in [6.07, 6.45) is -3.43. The largest absolute Gasteiger partial charge is 0.484 e. The molecule has 1 amide bonds. The third-order valence-corrected chi connectivity index (χ3v) is 5.58. The number of ether oxygens (including phenoxy) is 1. The van der Waals surface area contributed by atoms with E-state index in [0.717, 1.165) is 22.8 Å². The number of hydrogen-bond acceptors (Lipinski definition) is 2. The summed E-state index contributed by atoms with van der Waals surface area (Å²) in [6, 6.07) is 15.3. The van der Waals surface area contributed by atoms with Crippen molar-refractivity contribution in [3.63, 3.8) is 0 Å². The molecule has 3 rings (SSSR count). The molecule has 0 heterocycles. The molecule has 0 unspecified atom stereocenters. The Labute approximate surface area is 201 Å². The molecule has 0 aromatic heterocycles. The first-order valence-electron chi connectivity index (χ1n) is 10.9. The van der Waals surface area contributed by atoms with E-state index in [4.69, 9.17) is 4.74 Å². The van der Waals surface area contributed by atoms with Gasteiger partial charge >= 0.3 is 6.18 Å². The molecule has 0 saturated carbocycles. The van der Waals surface area contributed by atoms with Crippen LogP contribution in [0.1, 0.15) is 30.5 Å². The average Bonchev–Trinajstić information content (AvgIpc) is 2.76. The summed E-state index contributed by atoms with van der Waals surface area (Å²) in [7, 11) is 1.64. The number of alkyl halides is 3. The highest BCUT2D eigenvalue weighted by atomic mass is 19.4. The van der Waals surface area contributed by atoms with Crippen molar-refractivity contribution in [3.8, 4) is 16.9 Å². The van der Waals surface area contributed by atoms with Gasteiger partial charge in [-0.05, 0) is 63.9 Å². The Morgan fingerprint density at radius 3 is 2.20 bits per heavy atom. The van der Waals surface area contributed by atoms with Gasteiger partial charge in [-0.2, -0.15) is 13.2 Å². The van der Waals surface area contributed by atoms with Crippen molar-refractivity contribution in [2.75, 3.05) is 13.7 Å². The molecule has 3 nitrogen and oxygen atoms in total. The number of carbonyl (C=O) groups is 1. The van der Waals surface area contributed by atoms with Crippen LogP contribution in [0.15, 0.2) is 60.7 Å². The van der Waals surface area contributed by atoms with E-state index in [1.807, 2.05) is 32.0 Å².